The summed E-state index contributed by atoms with van der Waals surface area (Å²) in [6.45, 7) is 7.94. The first kappa shape index (κ1) is 19.2. The predicted octanol–water partition coefficient (Wildman–Crippen LogP) is 3.59. The van der Waals surface area contributed by atoms with Gasteiger partial charge in [-0.1, -0.05) is 37.3 Å². The molecule has 1 aromatic carbocycles. The largest absolute Gasteiger partial charge is 0.356 e. The summed E-state index contributed by atoms with van der Waals surface area (Å²) in [5.41, 5.74) is 1.22. The van der Waals surface area contributed by atoms with Gasteiger partial charge in [-0.15, -0.1) is 0 Å². The first-order valence-corrected chi connectivity index (χ1v) is 10.3. The van der Waals surface area contributed by atoms with Gasteiger partial charge in [0.2, 0.25) is 5.91 Å². The molecule has 2 atom stereocenters. The van der Waals surface area contributed by atoms with Gasteiger partial charge in [-0.25, -0.2) is 0 Å². The third-order valence-corrected chi connectivity index (χ3v) is 6.17. The van der Waals surface area contributed by atoms with E-state index in [-0.39, 0.29) is 12.0 Å². The molecule has 1 amide bonds. The number of hydrogen-bond donors (Lipinski definition) is 1. The van der Waals surface area contributed by atoms with Crippen LogP contribution in [0.15, 0.2) is 30.3 Å². The minimum atomic E-state index is 0.0870. The monoisotopic (exact) mass is 373 g/mol. The molecular weight excluding hydrogens is 342 g/mol. The number of nitrogens with one attached hydrogen (secondary N) is 1. The summed E-state index contributed by atoms with van der Waals surface area (Å²) >= 11 is 5.65. The van der Waals surface area contributed by atoms with E-state index in [9.17, 15) is 4.79 Å². The minimum Gasteiger partial charge on any atom is -0.356 e. The molecule has 2 saturated heterocycles. The normalized spacial score (nSPS) is 22.8. The molecule has 0 aliphatic carbocycles. The van der Waals surface area contributed by atoms with Crippen molar-refractivity contribution in [1.82, 2.24) is 15.1 Å². The van der Waals surface area contributed by atoms with Crippen LogP contribution in [0.25, 0.3) is 0 Å². The highest BCUT2D eigenvalue weighted by molar-refractivity contribution is 7.80. The van der Waals surface area contributed by atoms with E-state index in [2.05, 4.69) is 41.1 Å². The minimum absolute atomic E-state index is 0.0870. The molecule has 1 N–H and O–H groups in total. The van der Waals surface area contributed by atoms with Gasteiger partial charge in [0.05, 0.1) is 12.0 Å². The number of piperidine rings is 2. The van der Waals surface area contributed by atoms with Crippen molar-refractivity contribution in [3.05, 3.63) is 35.9 Å². The molecule has 142 valence electrons. The summed E-state index contributed by atoms with van der Waals surface area (Å²) in [7, 11) is 0. The van der Waals surface area contributed by atoms with Gasteiger partial charge in [-0.3, -0.25) is 4.79 Å². The maximum atomic E-state index is 12.9. The summed E-state index contributed by atoms with van der Waals surface area (Å²) in [5.74, 6) is 1.17. The number of hydrogen-bond acceptors (Lipinski definition) is 2. The van der Waals surface area contributed by atoms with Crippen molar-refractivity contribution in [2.24, 2.45) is 11.8 Å². The van der Waals surface area contributed by atoms with Gasteiger partial charge in [0.1, 0.15) is 0 Å². The summed E-state index contributed by atoms with van der Waals surface area (Å²) in [6, 6.07) is 10.5. The molecule has 0 radical (unpaired) electrons. The van der Waals surface area contributed by atoms with Crippen molar-refractivity contribution in [1.29, 1.82) is 0 Å². The van der Waals surface area contributed by atoms with Gasteiger partial charge in [0, 0.05) is 26.2 Å². The SMILES string of the molecule is CC1CCN(C(=O)[C@H]2CCCN(C(=S)N[C@H](C)c3ccccc3)C2)CC1. The maximum absolute atomic E-state index is 12.9. The summed E-state index contributed by atoms with van der Waals surface area (Å²) in [6.07, 6.45) is 4.29. The molecular formula is C21H31N3OS. The topological polar surface area (TPSA) is 35.6 Å². The van der Waals surface area contributed by atoms with Crippen LogP contribution in [0.4, 0.5) is 0 Å². The molecule has 2 aliphatic rings. The standard InChI is InChI=1S/C21H31N3OS/c1-16-10-13-23(14-11-16)20(25)19-9-6-12-24(15-19)21(26)22-17(2)18-7-4-3-5-8-18/h3-5,7-8,16-17,19H,6,9-15H2,1-2H3,(H,22,26)/t17-,19+/m1/s1. The van der Waals surface area contributed by atoms with Crippen molar-refractivity contribution >= 4 is 23.2 Å². The molecule has 5 heteroatoms. The number of rotatable bonds is 3. The highest BCUT2D eigenvalue weighted by Gasteiger charge is 2.31. The fourth-order valence-electron chi connectivity index (χ4n) is 3.95. The van der Waals surface area contributed by atoms with Crippen LogP contribution in [0.3, 0.4) is 0 Å². The van der Waals surface area contributed by atoms with Crippen molar-refractivity contribution in [2.75, 3.05) is 26.2 Å². The van der Waals surface area contributed by atoms with E-state index in [1.165, 1.54) is 5.56 Å². The zero-order valence-corrected chi connectivity index (χ0v) is 16.8. The second kappa shape index (κ2) is 8.85. The fraction of sp³-hybridized carbons (Fsp3) is 0.619. The number of benzene rings is 1. The average Bonchev–Trinajstić information content (AvgIpc) is 2.68. The van der Waals surface area contributed by atoms with Gasteiger partial charge in [-0.2, -0.15) is 0 Å². The first-order chi connectivity index (χ1) is 12.5. The molecule has 0 spiro atoms. The van der Waals surface area contributed by atoms with E-state index in [0.717, 1.165) is 62.9 Å². The lowest BCUT2D eigenvalue weighted by Gasteiger charge is -2.38. The van der Waals surface area contributed by atoms with Crippen LogP contribution in [0, 0.1) is 11.8 Å². The lowest BCUT2D eigenvalue weighted by Crippen LogP contribution is -2.50. The summed E-state index contributed by atoms with van der Waals surface area (Å²) in [4.78, 5) is 17.2. The Morgan fingerprint density at radius 2 is 1.81 bits per heavy atom. The highest BCUT2D eigenvalue weighted by atomic mass is 32.1. The zero-order valence-electron chi connectivity index (χ0n) is 16.0. The van der Waals surface area contributed by atoms with Crippen molar-refractivity contribution in [3.8, 4) is 0 Å². The smallest absolute Gasteiger partial charge is 0.227 e. The number of amides is 1. The highest BCUT2D eigenvalue weighted by Crippen LogP contribution is 2.23. The van der Waals surface area contributed by atoms with Crippen LogP contribution in [0.1, 0.15) is 51.1 Å². The van der Waals surface area contributed by atoms with Crippen LogP contribution >= 0.6 is 12.2 Å². The molecule has 1 aromatic rings. The van der Waals surface area contributed by atoms with Crippen LogP contribution in [-0.4, -0.2) is 47.0 Å². The van der Waals surface area contributed by atoms with E-state index in [1.54, 1.807) is 0 Å². The average molecular weight is 374 g/mol. The van der Waals surface area contributed by atoms with Crippen LogP contribution in [-0.2, 0) is 4.79 Å². The van der Waals surface area contributed by atoms with Gasteiger partial charge in [0.15, 0.2) is 5.11 Å². The second-order valence-electron chi connectivity index (χ2n) is 7.87. The number of carbonyl (C=O) groups is 1. The lowest BCUT2D eigenvalue weighted by molar-refractivity contribution is -0.138. The number of likely N-dealkylation sites (tertiary alicyclic amines) is 2. The molecule has 4 nitrogen and oxygen atoms in total. The van der Waals surface area contributed by atoms with Crippen molar-refractivity contribution in [2.45, 2.75) is 45.6 Å². The zero-order chi connectivity index (χ0) is 18.5. The Bertz CT molecular complexity index is 613. The Kier molecular flexibility index (Phi) is 6.52. The van der Waals surface area contributed by atoms with Gasteiger partial charge < -0.3 is 15.1 Å². The van der Waals surface area contributed by atoms with Crippen molar-refractivity contribution in [3.63, 3.8) is 0 Å². The van der Waals surface area contributed by atoms with Gasteiger partial charge in [-0.05, 0) is 56.3 Å². The number of carbonyl (C=O) groups excluding carboxylic acids is 1. The van der Waals surface area contributed by atoms with Gasteiger partial charge in [0.25, 0.3) is 0 Å². The number of nitrogens with zero attached hydrogens (tertiary/aromatic N) is 2. The molecule has 26 heavy (non-hydrogen) atoms. The number of thiocarbonyl (C=S) groups is 1. The first-order valence-electron chi connectivity index (χ1n) is 9.93. The molecule has 3 rings (SSSR count). The quantitative estimate of drug-likeness (QED) is 0.822. The summed E-state index contributed by atoms with van der Waals surface area (Å²) < 4.78 is 0. The molecule has 0 unspecified atom stereocenters. The molecule has 2 heterocycles. The Balaban J connectivity index is 1.54. The van der Waals surface area contributed by atoms with E-state index in [1.807, 2.05) is 18.2 Å². The second-order valence-corrected chi connectivity index (χ2v) is 8.26. The molecule has 0 saturated carbocycles. The Morgan fingerprint density at radius 3 is 2.50 bits per heavy atom. The molecule has 2 aliphatic heterocycles. The molecule has 2 fully saturated rings. The third kappa shape index (κ3) is 4.76. The summed E-state index contributed by atoms with van der Waals surface area (Å²) in [5, 5.41) is 4.21. The predicted molar refractivity (Wildman–Crippen MR) is 110 cm³/mol. The third-order valence-electron chi connectivity index (χ3n) is 5.79. The Hall–Kier alpha value is -1.62. The van der Waals surface area contributed by atoms with E-state index in [4.69, 9.17) is 12.2 Å². The Morgan fingerprint density at radius 1 is 1.12 bits per heavy atom. The van der Waals surface area contributed by atoms with Crippen LogP contribution < -0.4 is 5.32 Å². The fourth-order valence-corrected chi connectivity index (χ4v) is 4.29. The van der Waals surface area contributed by atoms with E-state index in [0.29, 0.717) is 5.91 Å². The van der Waals surface area contributed by atoms with Gasteiger partial charge >= 0.3 is 0 Å². The molecule has 0 aromatic heterocycles. The van der Waals surface area contributed by atoms with E-state index >= 15 is 0 Å². The Labute approximate surface area is 162 Å². The molecule has 0 bridgehead atoms. The maximum Gasteiger partial charge on any atom is 0.227 e. The van der Waals surface area contributed by atoms with E-state index < -0.39 is 0 Å². The lowest BCUT2D eigenvalue weighted by atomic mass is 9.93. The van der Waals surface area contributed by atoms with Crippen molar-refractivity contribution < 1.29 is 4.79 Å². The van der Waals surface area contributed by atoms with Crippen LogP contribution in [0.5, 0.6) is 0 Å². The van der Waals surface area contributed by atoms with Crippen LogP contribution in [0.2, 0.25) is 0 Å².